The SMILES string of the molecule is CCC1(CC)CN(CCc2csc(C)n2)CCN1. The van der Waals surface area contributed by atoms with Gasteiger partial charge in [-0.05, 0) is 19.8 Å². The number of nitrogens with zero attached hydrogens (tertiary/aromatic N) is 2. The van der Waals surface area contributed by atoms with Crippen LogP contribution in [0.1, 0.15) is 37.4 Å². The summed E-state index contributed by atoms with van der Waals surface area (Å²) >= 11 is 1.76. The maximum absolute atomic E-state index is 4.55. The van der Waals surface area contributed by atoms with E-state index in [4.69, 9.17) is 0 Å². The molecule has 1 aliphatic heterocycles. The summed E-state index contributed by atoms with van der Waals surface area (Å²) in [6.07, 6.45) is 3.53. The van der Waals surface area contributed by atoms with Gasteiger partial charge in [-0.2, -0.15) is 0 Å². The van der Waals surface area contributed by atoms with E-state index in [1.54, 1.807) is 11.3 Å². The number of thiazole rings is 1. The molecule has 1 saturated heterocycles. The zero-order chi connectivity index (χ0) is 13.0. The molecule has 18 heavy (non-hydrogen) atoms. The Kier molecular flexibility index (Phi) is 4.76. The molecule has 4 heteroatoms. The summed E-state index contributed by atoms with van der Waals surface area (Å²) in [7, 11) is 0. The molecule has 102 valence electrons. The molecule has 1 aliphatic rings. The number of nitrogens with one attached hydrogen (secondary N) is 1. The molecule has 2 heterocycles. The van der Waals surface area contributed by atoms with E-state index in [2.05, 4.69) is 41.4 Å². The van der Waals surface area contributed by atoms with Crippen LogP contribution in [0.15, 0.2) is 5.38 Å². The Morgan fingerprint density at radius 2 is 2.22 bits per heavy atom. The van der Waals surface area contributed by atoms with E-state index >= 15 is 0 Å². The van der Waals surface area contributed by atoms with Crippen LogP contribution in [0, 0.1) is 6.92 Å². The maximum atomic E-state index is 4.55. The third-order valence-electron chi connectivity index (χ3n) is 4.16. The molecule has 1 aromatic heterocycles. The van der Waals surface area contributed by atoms with Crippen molar-refractivity contribution in [2.75, 3.05) is 26.2 Å². The van der Waals surface area contributed by atoms with Crippen LogP contribution in [-0.4, -0.2) is 41.6 Å². The highest BCUT2D eigenvalue weighted by Crippen LogP contribution is 2.20. The predicted octanol–water partition coefficient (Wildman–Crippen LogP) is 2.46. The van der Waals surface area contributed by atoms with Crippen LogP contribution in [-0.2, 0) is 6.42 Å². The molecular weight excluding hydrogens is 242 g/mol. The molecule has 0 unspecified atom stereocenters. The quantitative estimate of drug-likeness (QED) is 0.888. The van der Waals surface area contributed by atoms with Crippen LogP contribution in [0.3, 0.4) is 0 Å². The van der Waals surface area contributed by atoms with Gasteiger partial charge in [-0.15, -0.1) is 11.3 Å². The molecule has 0 bridgehead atoms. The first-order valence-corrected chi connectivity index (χ1v) is 7.94. The van der Waals surface area contributed by atoms with Crippen molar-refractivity contribution in [1.82, 2.24) is 15.2 Å². The third kappa shape index (κ3) is 3.31. The standard InChI is InChI=1S/C14H25N3S/c1-4-14(5-2)11-17(9-7-15-14)8-6-13-10-18-12(3)16-13/h10,15H,4-9,11H2,1-3H3. The highest BCUT2D eigenvalue weighted by molar-refractivity contribution is 7.09. The van der Waals surface area contributed by atoms with E-state index in [0.717, 1.165) is 19.5 Å². The summed E-state index contributed by atoms with van der Waals surface area (Å²) in [6, 6.07) is 0. The van der Waals surface area contributed by atoms with Crippen molar-refractivity contribution in [2.24, 2.45) is 0 Å². The molecule has 2 rings (SSSR count). The lowest BCUT2D eigenvalue weighted by atomic mass is 9.90. The van der Waals surface area contributed by atoms with Crippen molar-refractivity contribution in [3.63, 3.8) is 0 Å². The van der Waals surface area contributed by atoms with E-state index in [1.165, 1.54) is 36.6 Å². The van der Waals surface area contributed by atoms with Gasteiger partial charge in [0.1, 0.15) is 0 Å². The minimum Gasteiger partial charge on any atom is -0.309 e. The Morgan fingerprint density at radius 1 is 1.44 bits per heavy atom. The van der Waals surface area contributed by atoms with Gasteiger partial charge in [-0.25, -0.2) is 4.98 Å². The normalized spacial score (nSPS) is 20.2. The van der Waals surface area contributed by atoms with Crippen molar-refractivity contribution >= 4 is 11.3 Å². The Morgan fingerprint density at radius 3 is 2.83 bits per heavy atom. The number of aryl methyl sites for hydroxylation is 1. The van der Waals surface area contributed by atoms with Gasteiger partial charge in [-0.1, -0.05) is 13.8 Å². The lowest BCUT2D eigenvalue weighted by Crippen LogP contribution is -2.60. The molecular formula is C14H25N3S. The second-order valence-corrected chi connectivity index (χ2v) is 6.36. The van der Waals surface area contributed by atoms with Gasteiger partial charge in [0.05, 0.1) is 10.7 Å². The molecule has 1 aromatic rings. The molecule has 0 aromatic carbocycles. The van der Waals surface area contributed by atoms with Crippen molar-refractivity contribution in [1.29, 1.82) is 0 Å². The Labute approximate surface area is 115 Å². The lowest BCUT2D eigenvalue weighted by molar-refractivity contribution is 0.125. The number of piperazine rings is 1. The Balaban J connectivity index is 1.86. The first-order chi connectivity index (χ1) is 8.67. The molecule has 1 N–H and O–H groups in total. The molecule has 0 radical (unpaired) electrons. The van der Waals surface area contributed by atoms with Crippen LogP contribution < -0.4 is 5.32 Å². The van der Waals surface area contributed by atoms with Gasteiger partial charge in [0.25, 0.3) is 0 Å². The van der Waals surface area contributed by atoms with E-state index in [9.17, 15) is 0 Å². The van der Waals surface area contributed by atoms with Crippen molar-refractivity contribution < 1.29 is 0 Å². The lowest BCUT2D eigenvalue weighted by Gasteiger charge is -2.43. The van der Waals surface area contributed by atoms with Crippen LogP contribution in [0.25, 0.3) is 0 Å². The van der Waals surface area contributed by atoms with Crippen molar-refractivity contribution in [2.45, 2.75) is 45.6 Å². The summed E-state index contributed by atoms with van der Waals surface area (Å²) in [6.45, 7) is 11.3. The van der Waals surface area contributed by atoms with Gasteiger partial charge < -0.3 is 5.32 Å². The van der Waals surface area contributed by atoms with Gasteiger partial charge in [0, 0.05) is 43.5 Å². The van der Waals surface area contributed by atoms with E-state index in [0.29, 0.717) is 5.54 Å². The first kappa shape index (κ1) is 14.0. The van der Waals surface area contributed by atoms with Gasteiger partial charge in [0.2, 0.25) is 0 Å². The summed E-state index contributed by atoms with van der Waals surface area (Å²) < 4.78 is 0. The van der Waals surface area contributed by atoms with Gasteiger partial charge >= 0.3 is 0 Å². The van der Waals surface area contributed by atoms with Crippen LogP contribution in [0.4, 0.5) is 0 Å². The minimum absolute atomic E-state index is 0.343. The molecule has 3 nitrogen and oxygen atoms in total. The fraction of sp³-hybridized carbons (Fsp3) is 0.786. The second-order valence-electron chi connectivity index (χ2n) is 5.30. The fourth-order valence-corrected chi connectivity index (χ4v) is 3.40. The van der Waals surface area contributed by atoms with E-state index in [-0.39, 0.29) is 0 Å². The van der Waals surface area contributed by atoms with Crippen LogP contribution in [0.5, 0.6) is 0 Å². The maximum Gasteiger partial charge on any atom is 0.0897 e. The van der Waals surface area contributed by atoms with Crippen molar-refractivity contribution in [3.8, 4) is 0 Å². The Hall–Kier alpha value is -0.450. The number of hydrogen-bond donors (Lipinski definition) is 1. The molecule has 0 saturated carbocycles. The fourth-order valence-electron chi connectivity index (χ4n) is 2.75. The topological polar surface area (TPSA) is 28.2 Å². The zero-order valence-electron chi connectivity index (χ0n) is 11.8. The summed E-state index contributed by atoms with van der Waals surface area (Å²) in [5.41, 5.74) is 1.60. The molecule has 0 amide bonds. The zero-order valence-corrected chi connectivity index (χ0v) is 12.6. The Bertz CT molecular complexity index is 371. The third-order valence-corrected chi connectivity index (χ3v) is 4.98. The predicted molar refractivity (Wildman–Crippen MR) is 78.3 cm³/mol. The molecule has 0 atom stereocenters. The average Bonchev–Trinajstić information content (AvgIpc) is 2.82. The number of hydrogen-bond acceptors (Lipinski definition) is 4. The van der Waals surface area contributed by atoms with Gasteiger partial charge in [-0.3, -0.25) is 4.90 Å². The van der Waals surface area contributed by atoms with E-state index in [1.807, 2.05) is 0 Å². The number of rotatable bonds is 5. The summed E-state index contributed by atoms with van der Waals surface area (Å²) in [5, 5.41) is 7.09. The van der Waals surface area contributed by atoms with E-state index < -0.39 is 0 Å². The minimum atomic E-state index is 0.343. The largest absolute Gasteiger partial charge is 0.309 e. The van der Waals surface area contributed by atoms with Crippen molar-refractivity contribution in [3.05, 3.63) is 16.1 Å². The second kappa shape index (κ2) is 6.13. The monoisotopic (exact) mass is 267 g/mol. The highest BCUT2D eigenvalue weighted by Gasteiger charge is 2.31. The summed E-state index contributed by atoms with van der Waals surface area (Å²) in [4.78, 5) is 7.14. The van der Waals surface area contributed by atoms with Gasteiger partial charge in [0.15, 0.2) is 0 Å². The molecule has 1 fully saturated rings. The number of aromatic nitrogens is 1. The summed E-state index contributed by atoms with van der Waals surface area (Å²) in [5.74, 6) is 0. The molecule has 0 aliphatic carbocycles. The highest BCUT2D eigenvalue weighted by atomic mass is 32.1. The van der Waals surface area contributed by atoms with Crippen LogP contribution in [0.2, 0.25) is 0 Å². The average molecular weight is 267 g/mol. The molecule has 0 spiro atoms. The smallest absolute Gasteiger partial charge is 0.0897 e. The first-order valence-electron chi connectivity index (χ1n) is 7.06. The van der Waals surface area contributed by atoms with Crippen LogP contribution >= 0.6 is 11.3 Å².